The molecule has 2 saturated carbocycles. The molecule has 1 aromatic carbocycles. The first-order valence-corrected chi connectivity index (χ1v) is 10.2. The Morgan fingerprint density at radius 3 is 2.44 bits per heavy atom. The maximum absolute atomic E-state index is 13.0. The molecule has 2 aromatic rings. The third-order valence-corrected chi connectivity index (χ3v) is 6.33. The zero-order chi connectivity index (χ0) is 18.4. The summed E-state index contributed by atoms with van der Waals surface area (Å²) in [6, 6.07) is 7.76. The van der Waals surface area contributed by atoms with Crippen LogP contribution in [0.4, 0.5) is 0 Å². The number of aromatic nitrogens is 2. The van der Waals surface area contributed by atoms with Crippen molar-refractivity contribution >= 4 is 22.8 Å². The Bertz CT molecular complexity index is 833. The molecule has 0 spiro atoms. The Morgan fingerprint density at radius 2 is 1.70 bits per heavy atom. The van der Waals surface area contributed by atoms with E-state index in [4.69, 9.17) is 4.98 Å². The van der Waals surface area contributed by atoms with E-state index in [1.54, 1.807) is 0 Å². The van der Waals surface area contributed by atoms with Gasteiger partial charge in [-0.25, -0.2) is 4.98 Å². The summed E-state index contributed by atoms with van der Waals surface area (Å²) in [5.41, 5.74) is 1.89. The molecule has 1 atom stereocenters. The van der Waals surface area contributed by atoms with E-state index in [2.05, 4.69) is 4.98 Å². The number of amides is 2. The number of rotatable bonds is 3. The van der Waals surface area contributed by atoms with Crippen molar-refractivity contribution in [3.8, 4) is 0 Å². The van der Waals surface area contributed by atoms with E-state index in [-0.39, 0.29) is 29.7 Å². The minimum absolute atomic E-state index is 0.173. The van der Waals surface area contributed by atoms with Crippen LogP contribution in [-0.2, 0) is 9.59 Å². The Balaban J connectivity index is 1.43. The molecule has 1 aromatic heterocycles. The van der Waals surface area contributed by atoms with Gasteiger partial charge in [0, 0.05) is 31.5 Å². The number of imidazole rings is 1. The molecule has 5 rings (SSSR count). The van der Waals surface area contributed by atoms with Gasteiger partial charge in [0.25, 0.3) is 0 Å². The van der Waals surface area contributed by atoms with Gasteiger partial charge in [0.2, 0.25) is 11.8 Å². The Labute approximate surface area is 158 Å². The molecule has 2 amide bonds. The molecule has 1 N–H and O–H groups in total. The van der Waals surface area contributed by atoms with Gasteiger partial charge in [0.05, 0.1) is 11.0 Å². The van der Waals surface area contributed by atoms with Crippen molar-refractivity contribution in [2.45, 2.75) is 44.6 Å². The lowest BCUT2D eigenvalue weighted by Gasteiger charge is -2.41. The Hall–Kier alpha value is -2.37. The molecule has 3 aliphatic rings. The number of H-pyrrole nitrogens is 1. The average Bonchev–Trinajstić information content (AvgIpc) is 3.23. The molecule has 0 radical (unpaired) electrons. The number of para-hydroxylation sites is 2. The van der Waals surface area contributed by atoms with Crippen LogP contribution in [0.3, 0.4) is 0 Å². The topological polar surface area (TPSA) is 69.3 Å². The van der Waals surface area contributed by atoms with E-state index >= 15 is 0 Å². The highest BCUT2D eigenvalue weighted by Crippen LogP contribution is 2.36. The number of carbonyl (C=O) groups excluding carboxylic acids is 2. The van der Waals surface area contributed by atoms with Crippen LogP contribution in [0.5, 0.6) is 0 Å². The highest BCUT2D eigenvalue weighted by atomic mass is 16.2. The predicted octanol–water partition coefficient (Wildman–Crippen LogP) is 2.88. The number of aromatic amines is 1. The number of hydrogen-bond donors (Lipinski definition) is 1. The number of nitrogens with zero attached hydrogens (tertiary/aromatic N) is 3. The van der Waals surface area contributed by atoms with Crippen LogP contribution >= 0.6 is 0 Å². The summed E-state index contributed by atoms with van der Waals surface area (Å²) in [6.07, 6.45) is 6.32. The summed E-state index contributed by atoms with van der Waals surface area (Å²) >= 11 is 0. The van der Waals surface area contributed by atoms with Crippen LogP contribution in [0.2, 0.25) is 0 Å². The van der Waals surface area contributed by atoms with Crippen molar-refractivity contribution in [3.05, 3.63) is 30.1 Å². The summed E-state index contributed by atoms with van der Waals surface area (Å²) in [6.45, 7) is 1.80. The molecular weight excluding hydrogens is 340 g/mol. The molecular formula is C21H26N4O2. The Morgan fingerprint density at radius 1 is 0.963 bits per heavy atom. The van der Waals surface area contributed by atoms with E-state index in [0.29, 0.717) is 19.6 Å². The van der Waals surface area contributed by atoms with Crippen LogP contribution in [0, 0.1) is 11.8 Å². The second kappa shape index (κ2) is 6.66. The van der Waals surface area contributed by atoms with Gasteiger partial charge in [-0.05, 0) is 37.8 Å². The van der Waals surface area contributed by atoms with Crippen LogP contribution in [0.15, 0.2) is 24.3 Å². The molecule has 6 heteroatoms. The van der Waals surface area contributed by atoms with Crippen molar-refractivity contribution in [3.63, 3.8) is 0 Å². The van der Waals surface area contributed by atoms with E-state index in [0.717, 1.165) is 55.4 Å². The molecule has 2 aliphatic carbocycles. The zero-order valence-electron chi connectivity index (χ0n) is 15.6. The third kappa shape index (κ3) is 3.11. The highest BCUT2D eigenvalue weighted by Gasteiger charge is 2.42. The van der Waals surface area contributed by atoms with Crippen molar-refractivity contribution < 1.29 is 9.59 Å². The van der Waals surface area contributed by atoms with E-state index in [1.807, 2.05) is 34.1 Å². The van der Waals surface area contributed by atoms with E-state index < -0.39 is 0 Å². The van der Waals surface area contributed by atoms with Crippen LogP contribution in [0.1, 0.15) is 50.4 Å². The summed E-state index contributed by atoms with van der Waals surface area (Å²) in [7, 11) is 0. The summed E-state index contributed by atoms with van der Waals surface area (Å²) in [5.74, 6) is 1.65. The zero-order valence-corrected chi connectivity index (χ0v) is 15.6. The molecule has 27 heavy (non-hydrogen) atoms. The van der Waals surface area contributed by atoms with Gasteiger partial charge < -0.3 is 14.8 Å². The van der Waals surface area contributed by atoms with Gasteiger partial charge in [0.15, 0.2) is 0 Å². The maximum Gasteiger partial charge on any atom is 0.226 e. The van der Waals surface area contributed by atoms with Crippen molar-refractivity contribution in [2.75, 3.05) is 19.6 Å². The lowest BCUT2D eigenvalue weighted by Crippen LogP contribution is -2.54. The predicted molar refractivity (Wildman–Crippen MR) is 102 cm³/mol. The van der Waals surface area contributed by atoms with Gasteiger partial charge in [-0.3, -0.25) is 9.59 Å². The van der Waals surface area contributed by atoms with Gasteiger partial charge in [-0.2, -0.15) is 0 Å². The molecule has 1 aliphatic heterocycles. The van der Waals surface area contributed by atoms with Crippen LogP contribution in [-0.4, -0.2) is 51.2 Å². The molecule has 1 saturated heterocycles. The van der Waals surface area contributed by atoms with E-state index in [1.165, 1.54) is 0 Å². The minimum atomic E-state index is -0.176. The first kappa shape index (κ1) is 16.8. The van der Waals surface area contributed by atoms with Crippen molar-refractivity contribution in [1.29, 1.82) is 0 Å². The van der Waals surface area contributed by atoms with Crippen molar-refractivity contribution in [2.24, 2.45) is 11.8 Å². The smallest absolute Gasteiger partial charge is 0.226 e. The molecule has 1 unspecified atom stereocenters. The standard InChI is InChI=1S/C21H26N4O2/c26-20(14-5-1-2-6-14)24-11-12-25(21(27)15-9-10-15)18(13-24)19-22-16-7-3-4-8-17(16)23-19/h3-4,7-8,14-15,18H,1-2,5-6,9-13H2,(H,22,23). The molecule has 6 nitrogen and oxygen atoms in total. The molecule has 142 valence electrons. The molecule has 0 bridgehead atoms. The first-order valence-electron chi connectivity index (χ1n) is 10.2. The number of carbonyl (C=O) groups is 2. The fraction of sp³-hybridized carbons (Fsp3) is 0.571. The summed E-state index contributed by atoms with van der Waals surface area (Å²) in [5, 5.41) is 0. The quantitative estimate of drug-likeness (QED) is 0.908. The number of hydrogen-bond acceptors (Lipinski definition) is 3. The average molecular weight is 366 g/mol. The van der Waals surface area contributed by atoms with Crippen LogP contribution < -0.4 is 0 Å². The third-order valence-electron chi connectivity index (χ3n) is 6.33. The van der Waals surface area contributed by atoms with Gasteiger partial charge >= 0.3 is 0 Å². The monoisotopic (exact) mass is 366 g/mol. The number of piperazine rings is 1. The largest absolute Gasteiger partial charge is 0.340 e. The van der Waals surface area contributed by atoms with Crippen LogP contribution in [0.25, 0.3) is 11.0 Å². The first-order chi connectivity index (χ1) is 13.2. The second-order valence-corrected chi connectivity index (χ2v) is 8.23. The minimum Gasteiger partial charge on any atom is -0.340 e. The Kier molecular flexibility index (Phi) is 4.14. The summed E-state index contributed by atoms with van der Waals surface area (Å²) < 4.78 is 0. The number of benzene rings is 1. The fourth-order valence-corrected chi connectivity index (χ4v) is 4.61. The fourth-order valence-electron chi connectivity index (χ4n) is 4.61. The van der Waals surface area contributed by atoms with Gasteiger partial charge in [0.1, 0.15) is 11.9 Å². The lowest BCUT2D eigenvalue weighted by atomic mass is 10.0. The lowest BCUT2D eigenvalue weighted by molar-refractivity contribution is -0.146. The maximum atomic E-state index is 13.0. The normalized spacial score (nSPS) is 23.9. The number of fused-ring (bicyclic) bond motifs is 1. The highest BCUT2D eigenvalue weighted by molar-refractivity contribution is 5.83. The molecule has 2 heterocycles. The second-order valence-electron chi connectivity index (χ2n) is 8.23. The number of nitrogens with one attached hydrogen (secondary N) is 1. The van der Waals surface area contributed by atoms with Gasteiger partial charge in [-0.1, -0.05) is 25.0 Å². The summed E-state index contributed by atoms with van der Waals surface area (Å²) in [4.78, 5) is 37.9. The van der Waals surface area contributed by atoms with E-state index in [9.17, 15) is 9.59 Å². The molecule has 3 fully saturated rings. The van der Waals surface area contributed by atoms with Crippen molar-refractivity contribution in [1.82, 2.24) is 19.8 Å². The SMILES string of the molecule is O=C(C1CCCC1)N1CCN(C(=O)C2CC2)C(c2nc3ccccc3[nH]2)C1. The van der Waals surface area contributed by atoms with Gasteiger partial charge in [-0.15, -0.1) is 0 Å².